The molecule has 0 atom stereocenters. The smallest absolute Gasteiger partial charge is 0.159 e. The number of benzene rings is 2. The number of hydrogen-bond acceptors (Lipinski definition) is 3. The number of rotatable bonds is 3. The summed E-state index contributed by atoms with van der Waals surface area (Å²) in [6.45, 7) is 7.28. The molecule has 0 bridgehead atoms. The van der Waals surface area contributed by atoms with Gasteiger partial charge in [-0.05, 0) is 21.8 Å². The van der Waals surface area contributed by atoms with Gasteiger partial charge in [-0.25, -0.2) is 0 Å². The van der Waals surface area contributed by atoms with Crippen molar-refractivity contribution in [2.75, 3.05) is 0 Å². The summed E-state index contributed by atoms with van der Waals surface area (Å²) in [6.07, 6.45) is 0. The maximum atomic E-state index is 4.44. The Labute approximate surface area is 130 Å². The second kappa shape index (κ2) is 5.72. The zero-order valence-electron chi connectivity index (χ0n) is 13.2. The molecule has 0 radical (unpaired) electrons. The Balaban J connectivity index is 1.76. The Bertz CT molecular complexity index is 737. The molecule has 0 aliphatic heterocycles. The van der Waals surface area contributed by atoms with E-state index in [1.807, 2.05) is 30.3 Å². The van der Waals surface area contributed by atoms with E-state index >= 15 is 0 Å². The zero-order chi connectivity index (χ0) is 15.6. The maximum absolute atomic E-state index is 4.44. The monoisotopic (exact) mass is 292 g/mol. The quantitative estimate of drug-likeness (QED) is 0.739. The highest BCUT2D eigenvalue weighted by Gasteiger charge is 2.13. The first-order chi connectivity index (χ1) is 10.5. The maximum Gasteiger partial charge on any atom is 0.204 e. The molecule has 0 saturated carbocycles. The topological polar surface area (TPSA) is 43.6 Å². The molecule has 22 heavy (non-hydrogen) atoms. The first-order valence-corrected chi connectivity index (χ1v) is 7.45. The van der Waals surface area contributed by atoms with Crippen LogP contribution in [-0.4, -0.2) is 20.2 Å². The predicted molar refractivity (Wildman–Crippen MR) is 87.5 cm³/mol. The highest BCUT2D eigenvalue weighted by atomic mass is 15.6. The van der Waals surface area contributed by atoms with Crippen molar-refractivity contribution in [1.82, 2.24) is 20.2 Å². The predicted octanol–water partition coefficient (Wildman–Crippen LogP) is 3.69. The normalized spacial score (nSPS) is 11.6. The minimum atomic E-state index is 0.171. The van der Waals surface area contributed by atoms with E-state index in [0.717, 1.165) is 5.56 Å². The minimum Gasteiger partial charge on any atom is -0.159 e. The van der Waals surface area contributed by atoms with E-state index in [1.54, 1.807) is 4.80 Å². The first-order valence-electron chi connectivity index (χ1n) is 7.45. The van der Waals surface area contributed by atoms with Crippen molar-refractivity contribution >= 4 is 0 Å². The molecule has 0 fully saturated rings. The van der Waals surface area contributed by atoms with E-state index in [9.17, 15) is 0 Å². The van der Waals surface area contributed by atoms with Crippen LogP contribution in [-0.2, 0) is 12.0 Å². The lowest BCUT2D eigenvalue weighted by atomic mass is 9.87. The number of tetrazole rings is 1. The minimum absolute atomic E-state index is 0.171. The summed E-state index contributed by atoms with van der Waals surface area (Å²) in [7, 11) is 0. The van der Waals surface area contributed by atoms with Gasteiger partial charge in [-0.15, -0.1) is 10.2 Å². The summed E-state index contributed by atoms with van der Waals surface area (Å²) in [4.78, 5) is 1.63. The molecule has 1 aromatic heterocycles. The van der Waals surface area contributed by atoms with Crippen LogP contribution < -0.4 is 0 Å². The van der Waals surface area contributed by atoms with Gasteiger partial charge in [0.05, 0.1) is 6.54 Å². The third kappa shape index (κ3) is 3.22. The lowest BCUT2D eigenvalue weighted by Gasteiger charge is -2.19. The second-order valence-electron chi connectivity index (χ2n) is 6.46. The molecule has 3 rings (SSSR count). The van der Waals surface area contributed by atoms with Gasteiger partial charge in [-0.1, -0.05) is 75.4 Å². The largest absolute Gasteiger partial charge is 0.204 e. The van der Waals surface area contributed by atoms with E-state index < -0.39 is 0 Å². The van der Waals surface area contributed by atoms with Crippen LogP contribution in [0.15, 0.2) is 54.6 Å². The van der Waals surface area contributed by atoms with Crippen molar-refractivity contribution in [1.29, 1.82) is 0 Å². The average molecular weight is 292 g/mol. The van der Waals surface area contributed by atoms with Crippen molar-refractivity contribution in [2.24, 2.45) is 0 Å². The van der Waals surface area contributed by atoms with E-state index in [0.29, 0.717) is 12.4 Å². The molecular weight excluding hydrogens is 272 g/mol. The second-order valence-corrected chi connectivity index (χ2v) is 6.46. The van der Waals surface area contributed by atoms with Crippen LogP contribution in [0, 0.1) is 0 Å². The Morgan fingerprint density at radius 1 is 0.909 bits per heavy atom. The molecule has 3 aromatic rings. The van der Waals surface area contributed by atoms with Gasteiger partial charge < -0.3 is 0 Å². The highest BCUT2D eigenvalue weighted by Crippen LogP contribution is 2.22. The molecule has 0 unspecified atom stereocenters. The molecule has 2 aromatic carbocycles. The molecule has 112 valence electrons. The van der Waals surface area contributed by atoms with E-state index in [-0.39, 0.29) is 5.41 Å². The molecule has 4 nitrogen and oxygen atoms in total. The van der Waals surface area contributed by atoms with Crippen molar-refractivity contribution in [3.63, 3.8) is 0 Å². The van der Waals surface area contributed by atoms with Gasteiger partial charge in [0, 0.05) is 5.56 Å². The molecule has 4 heteroatoms. The van der Waals surface area contributed by atoms with Crippen LogP contribution in [0.5, 0.6) is 0 Å². The van der Waals surface area contributed by atoms with Crippen LogP contribution in [0.1, 0.15) is 31.9 Å². The number of nitrogens with zero attached hydrogens (tertiary/aromatic N) is 4. The Kier molecular flexibility index (Phi) is 3.75. The van der Waals surface area contributed by atoms with Gasteiger partial charge in [0.25, 0.3) is 0 Å². The third-order valence-corrected chi connectivity index (χ3v) is 3.63. The first kappa shape index (κ1) is 14.4. The van der Waals surface area contributed by atoms with E-state index in [4.69, 9.17) is 0 Å². The SMILES string of the molecule is CC(C)(C)c1ccc(Cn2nnc(-c3ccccc3)n2)cc1. The summed E-state index contributed by atoms with van der Waals surface area (Å²) in [5.41, 5.74) is 3.65. The van der Waals surface area contributed by atoms with Gasteiger partial charge in [0.1, 0.15) is 0 Å². The fourth-order valence-corrected chi connectivity index (χ4v) is 2.29. The fraction of sp³-hybridized carbons (Fsp3) is 0.278. The molecule has 0 aliphatic carbocycles. The summed E-state index contributed by atoms with van der Waals surface area (Å²) in [5.74, 6) is 0.659. The van der Waals surface area contributed by atoms with Gasteiger partial charge in [-0.3, -0.25) is 0 Å². The van der Waals surface area contributed by atoms with E-state index in [2.05, 4.69) is 60.4 Å². The zero-order valence-corrected chi connectivity index (χ0v) is 13.2. The Morgan fingerprint density at radius 3 is 2.23 bits per heavy atom. The average Bonchev–Trinajstić information content (AvgIpc) is 2.96. The Hall–Kier alpha value is -2.49. The van der Waals surface area contributed by atoms with Crippen LogP contribution in [0.25, 0.3) is 11.4 Å². The highest BCUT2D eigenvalue weighted by molar-refractivity contribution is 5.52. The van der Waals surface area contributed by atoms with Gasteiger partial charge in [0.2, 0.25) is 5.82 Å². The molecule has 0 spiro atoms. The van der Waals surface area contributed by atoms with Crippen molar-refractivity contribution in [2.45, 2.75) is 32.7 Å². The van der Waals surface area contributed by atoms with Crippen LogP contribution >= 0.6 is 0 Å². The molecule has 1 heterocycles. The van der Waals surface area contributed by atoms with Gasteiger partial charge >= 0.3 is 0 Å². The molecule has 0 N–H and O–H groups in total. The Morgan fingerprint density at radius 2 is 1.59 bits per heavy atom. The summed E-state index contributed by atoms with van der Waals surface area (Å²) < 4.78 is 0. The van der Waals surface area contributed by atoms with Crippen molar-refractivity contribution < 1.29 is 0 Å². The van der Waals surface area contributed by atoms with E-state index in [1.165, 1.54) is 11.1 Å². The van der Waals surface area contributed by atoms with Gasteiger partial charge in [0.15, 0.2) is 0 Å². The third-order valence-electron chi connectivity index (χ3n) is 3.63. The number of hydrogen-bond donors (Lipinski definition) is 0. The number of aromatic nitrogens is 4. The lowest BCUT2D eigenvalue weighted by molar-refractivity contribution is 0.570. The fourth-order valence-electron chi connectivity index (χ4n) is 2.29. The lowest BCUT2D eigenvalue weighted by Crippen LogP contribution is -2.11. The molecule has 0 saturated heterocycles. The van der Waals surface area contributed by atoms with Crippen molar-refractivity contribution in [3.05, 3.63) is 65.7 Å². The standard InChI is InChI=1S/C18H20N4/c1-18(2,3)16-11-9-14(10-12-16)13-22-20-17(19-21-22)15-7-5-4-6-8-15/h4-12H,13H2,1-3H3. The van der Waals surface area contributed by atoms with Crippen LogP contribution in [0.4, 0.5) is 0 Å². The van der Waals surface area contributed by atoms with Crippen LogP contribution in [0.3, 0.4) is 0 Å². The summed E-state index contributed by atoms with van der Waals surface area (Å²) in [6, 6.07) is 18.5. The summed E-state index contributed by atoms with van der Waals surface area (Å²) in [5, 5.41) is 12.7. The molecule has 0 aliphatic rings. The van der Waals surface area contributed by atoms with Crippen molar-refractivity contribution in [3.8, 4) is 11.4 Å². The van der Waals surface area contributed by atoms with Gasteiger partial charge in [-0.2, -0.15) is 4.80 Å². The summed E-state index contributed by atoms with van der Waals surface area (Å²) >= 11 is 0. The van der Waals surface area contributed by atoms with Crippen LogP contribution in [0.2, 0.25) is 0 Å². The molecule has 0 amide bonds. The molecular formula is C18H20N4.